The van der Waals surface area contributed by atoms with E-state index in [1.807, 2.05) is 6.07 Å². The molecule has 1 aliphatic carbocycles. The average molecular weight is 275 g/mol. The fraction of sp³-hybridized carbons (Fsp3) is 0.643. The van der Waals surface area contributed by atoms with Crippen molar-refractivity contribution < 1.29 is 4.79 Å². The number of amides is 1. The monoisotopic (exact) mass is 275 g/mol. The van der Waals surface area contributed by atoms with Crippen LogP contribution in [0.3, 0.4) is 0 Å². The third kappa shape index (κ3) is 2.60. The van der Waals surface area contributed by atoms with Crippen LogP contribution in [0.1, 0.15) is 32.1 Å². The molecular formula is C14H21N5O. The van der Waals surface area contributed by atoms with Gasteiger partial charge in [-0.2, -0.15) is 0 Å². The Hall–Kier alpha value is -1.69. The van der Waals surface area contributed by atoms with E-state index in [-0.39, 0.29) is 11.9 Å². The first-order valence-electron chi connectivity index (χ1n) is 7.29. The number of nitrogens with one attached hydrogen (secondary N) is 1. The Labute approximate surface area is 118 Å². The molecule has 0 spiro atoms. The van der Waals surface area contributed by atoms with Gasteiger partial charge in [0.15, 0.2) is 0 Å². The SMILES string of the molecule is NC1(C(=O)NC2CCN(c3ncccn3)CC2)CCC1. The first-order valence-corrected chi connectivity index (χ1v) is 7.29. The highest BCUT2D eigenvalue weighted by Crippen LogP contribution is 2.29. The second kappa shape index (κ2) is 5.36. The standard InChI is InChI=1S/C14H21N5O/c15-14(5-1-6-14)12(20)18-11-3-9-19(10-4-11)13-16-7-2-8-17-13/h2,7-8,11H,1,3-6,9-10,15H2,(H,18,20). The van der Waals surface area contributed by atoms with Gasteiger partial charge in [0.25, 0.3) is 0 Å². The summed E-state index contributed by atoms with van der Waals surface area (Å²) in [6.07, 6.45) is 8.04. The van der Waals surface area contributed by atoms with Crippen LogP contribution in [-0.4, -0.2) is 40.5 Å². The molecule has 1 aliphatic heterocycles. The van der Waals surface area contributed by atoms with Crippen LogP contribution in [0.25, 0.3) is 0 Å². The predicted octanol–water partition coefficient (Wildman–Crippen LogP) is 0.443. The Bertz CT molecular complexity index is 466. The molecule has 20 heavy (non-hydrogen) atoms. The molecular weight excluding hydrogens is 254 g/mol. The van der Waals surface area contributed by atoms with Crippen molar-refractivity contribution in [3.8, 4) is 0 Å². The van der Waals surface area contributed by atoms with E-state index in [0.29, 0.717) is 0 Å². The molecule has 2 aliphatic rings. The first-order chi connectivity index (χ1) is 9.67. The predicted molar refractivity (Wildman–Crippen MR) is 76.2 cm³/mol. The highest BCUT2D eigenvalue weighted by Gasteiger charge is 2.41. The molecule has 3 N–H and O–H groups in total. The summed E-state index contributed by atoms with van der Waals surface area (Å²) in [6.45, 7) is 1.74. The summed E-state index contributed by atoms with van der Waals surface area (Å²) in [5, 5.41) is 3.10. The topological polar surface area (TPSA) is 84.1 Å². The quantitative estimate of drug-likeness (QED) is 0.836. The van der Waals surface area contributed by atoms with Crippen molar-refractivity contribution in [2.24, 2.45) is 5.73 Å². The number of rotatable bonds is 3. The molecule has 108 valence electrons. The van der Waals surface area contributed by atoms with E-state index < -0.39 is 5.54 Å². The molecule has 0 unspecified atom stereocenters. The number of nitrogens with zero attached hydrogens (tertiary/aromatic N) is 3. The van der Waals surface area contributed by atoms with Crippen LogP contribution >= 0.6 is 0 Å². The third-order valence-corrected chi connectivity index (χ3v) is 4.36. The number of piperidine rings is 1. The minimum absolute atomic E-state index is 0.0261. The molecule has 6 nitrogen and oxygen atoms in total. The number of anilines is 1. The largest absolute Gasteiger partial charge is 0.352 e. The lowest BCUT2D eigenvalue weighted by Gasteiger charge is -2.39. The molecule has 1 aromatic rings. The second-order valence-electron chi connectivity index (χ2n) is 5.79. The Morgan fingerprint density at radius 1 is 1.30 bits per heavy atom. The number of carbonyl (C=O) groups is 1. The van der Waals surface area contributed by atoms with Crippen LogP contribution in [0.4, 0.5) is 5.95 Å². The Kier molecular flexibility index (Phi) is 3.56. The maximum atomic E-state index is 12.1. The first kappa shape index (κ1) is 13.3. The summed E-state index contributed by atoms with van der Waals surface area (Å²) in [5.74, 6) is 0.796. The Morgan fingerprint density at radius 2 is 1.95 bits per heavy atom. The molecule has 1 saturated heterocycles. The molecule has 0 radical (unpaired) electrons. The summed E-state index contributed by atoms with van der Waals surface area (Å²) >= 11 is 0. The van der Waals surface area contributed by atoms with Crippen LogP contribution < -0.4 is 16.0 Å². The van der Waals surface area contributed by atoms with Crippen molar-refractivity contribution in [1.82, 2.24) is 15.3 Å². The van der Waals surface area contributed by atoms with Gasteiger partial charge in [-0.05, 0) is 38.2 Å². The molecule has 6 heteroatoms. The van der Waals surface area contributed by atoms with Crippen LogP contribution in [0.2, 0.25) is 0 Å². The van der Waals surface area contributed by atoms with Crippen LogP contribution in [0.15, 0.2) is 18.5 Å². The summed E-state index contributed by atoms with van der Waals surface area (Å²) in [4.78, 5) is 22.8. The van der Waals surface area contributed by atoms with E-state index in [0.717, 1.165) is 51.1 Å². The van der Waals surface area contributed by atoms with E-state index in [1.54, 1.807) is 12.4 Å². The Morgan fingerprint density at radius 3 is 2.50 bits per heavy atom. The van der Waals surface area contributed by atoms with Crippen LogP contribution in [0.5, 0.6) is 0 Å². The van der Waals surface area contributed by atoms with Crippen molar-refractivity contribution in [1.29, 1.82) is 0 Å². The van der Waals surface area contributed by atoms with Crippen molar-refractivity contribution in [2.45, 2.75) is 43.7 Å². The molecule has 1 aromatic heterocycles. The van der Waals surface area contributed by atoms with Gasteiger partial charge in [-0.3, -0.25) is 4.79 Å². The fourth-order valence-corrected chi connectivity index (χ4v) is 2.79. The number of aromatic nitrogens is 2. The summed E-state index contributed by atoms with van der Waals surface area (Å²) in [5.41, 5.74) is 5.44. The average Bonchev–Trinajstić information content (AvgIpc) is 2.46. The lowest BCUT2D eigenvalue weighted by atomic mass is 9.77. The molecule has 3 rings (SSSR count). The minimum atomic E-state index is -0.598. The molecule has 0 bridgehead atoms. The van der Waals surface area contributed by atoms with Crippen molar-refractivity contribution in [3.63, 3.8) is 0 Å². The third-order valence-electron chi connectivity index (χ3n) is 4.36. The van der Waals surface area contributed by atoms with Gasteiger partial charge in [-0.1, -0.05) is 0 Å². The lowest BCUT2D eigenvalue weighted by Crippen LogP contribution is -2.61. The number of hydrogen-bond acceptors (Lipinski definition) is 5. The highest BCUT2D eigenvalue weighted by molar-refractivity contribution is 5.87. The second-order valence-corrected chi connectivity index (χ2v) is 5.79. The molecule has 1 saturated carbocycles. The normalized spacial score (nSPS) is 22.1. The van der Waals surface area contributed by atoms with E-state index >= 15 is 0 Å². The molecule has 1 amide bonds. The summed E-state index contributed by atoms with van der Waals surface area (Å²) in [6, 6.07) is 2.04. The fourth-order valence-electron chi connectivity index (χ4n) is 2.79. The van der Waals surface area contributed by atoms with Gasteiger partial charge in [0, 0.05) is 31.5 Å². The van der Waals surface area contributed by atoms with Gasteiger partial charge in [0.05, 0.1) is 5.54 Å². The van der Waals surface area contributed by atoms with Crippen LogP contribution in [0, 0.1) is 0 Å². The van der Waals surface area contributed by atoms with Gasteiger partial charge in [0.2, 0.25) is 11.9 Å². The molecule has 0 aromatic carbocycles. The number of hydrogen-bond donors (Lipinski definition) is 2. The zero-order chi connectivity index (χ0) is 14.0. The van der Waals surface area contributed by atoms with E-state index in [4.69, 9.17) is 5.73 Å². The molecule has 2 fully saturated rings. The maximum Gasteiger partial charge on any atom is 0.240 e. The summed E-state index contributed by atoms with van der Waals surface area (Å²) in [7, 11) is 0. The van der Waals surface area contributed by atoms with Gasteiger partial charge < -0.3 is 16.0 Å². The molecule has 2 heterocycles. The zero-order valence-electron chi connectivity index (χ0n) is 11.6. The lowest BCUT2D eigenvalue weighted by molar-refractivity contribution is -0.130. The van der Waals surface area contributed by atoms with Crippen molar-refractivity contribution in [3.05, 3.63) is 18.5 Å². The highest BCUT2D eigenvalue weighted by atomic mass is 16.2. The van der Waals surface area contributed by atoms with Crippen LogP contribution in [-0.2, 0) is 4.79 Å². The van der Waals surface area contributed by atoms with Gasteiger partial charge >= 0.3 is 0 Å². The minimum Gasteiger partial charge on any atom is -0.352 e. The van der Waals surface area contributed by atoms with E-state index in [2.05, 4.69) is 20.2 Å². The zero-order valence-corrected chi connectivity index (χ0v) is 11.6. The van der Waals surface area contributed by atoms with Gasteiger partial charge in [-0.25, -0.2) is 9.97 Å². The number of nitrogens with two attached hydrogens (primary N) is 1. The van der Waals surface area contributed by atoms with Gasteiger partial charge in [0.1, 0.15) is 0 Å². The van der Waals surface area contributed by atoms with Gasteiger partial charge in [-0.15, -0.1) is 0 Å². The van der Waals surface area contributed by atoms with E-state index in [1.165, 1.54) is 0 Å². The van der Waals surface area contributed by atoms with Crippen molar-refractivity contribution >= 4 is 11.9 Å². The maximum absolute atomic E-state index is 12.1. The van der Waals surface area contributed by atoms with E-state index in [9.17, 15) is 4.79 Å². The molecule has 0 atom stereocenters. The Balaban J connectivity index is 1.50. The number of carbonyl (C=O) groups excluding carboxylic acids is 1. The smallest absolute Gasteiger partial charge is 0.240 e. The summed E-state index contributed by atoms with van der Waals surface area (Å²) < 4.78 is 0. The van der Waals surface area contributed by atoms with Crippen molar-refractivity contribution in [2.75, 3.05) is 18.0 Å².